The second kappa shape index (κ2) is 9.24. The van der Waals surface area contributed by atoms with Gasteiger partial charge < -0.3 is 15.4 Å². The van der Waals surface area contributed by atoms with Gasteiger partial charge in [-0.3, -0.25) is 4.79 Å². The summed E-state index contributed by atoms with van der Waals surface area (Å²) in [6.07, 6.45) is -3.82. The molecule has 0 saturated heterocycles. The lowest BCUT2D eigenvalue weighted by Crippen LogP contribution is -2.25. The highest BCUT2D eigenvalue weighted by molar-refractivity contribution is 6.01. The van der Waals surface area contributed by atoms with Crippen molar-refractivity contribution < 1.29 is 23.1 Å². The van der Waals surface area contributed by atoms with Gasteiger partial charge in [-0.05, 0) is 53.4 Å². The van der Waals surface area contributed by atoms with Crippen LogP contribution in [0.15, 0.2) is 84.9 Å². The van der Waals surface area contributed by atoms with E-state index in [0.717, 1.165) is 23.3 Å². The molecule has 0 aliphatic rings. The van der Waals surface area contributed by atoms with Crippen LogP contribution in [0.25, 0.3) is 22.5 Å². The molecule has 0 aliphatic carbocycles. The molecule has 0 radical (unpaired) electrons. The van der Waals surface area contributed by atoms with Gasteiger partial charge in [0.25, 0.3) is 5.91 Å². The molecule has 0 saturated carbocycles. The number of nitrogens with one attached hydrogen (secondary N) is 2. The van der Waals surface area contributed by atoms with Crippen molar-refractivity contribution in [3.63, 3.8) is 0 Å². The van der Waals surface area contributed by atoms with Crippen LogP contribution in [0, 0.1) is 0 Å². The Hall–Kier alpha value is -4.00. The number of carbonyl (C=O) groups is 1. The van der Waals surface area contributed by atoms with Gasteiger partial charge in [-0.2, -0.15) is 13.2 Å². The minimum Gasteiger partial charge on any atom is -0.508 e. The van der Waals surface area contributed by atoms with Crippen molar-refractivity contribution in [2.75, 3.05) is 6.54 Å². The van der Waals surface area contributed by atoms with E-state index in [1.54, 1.807) is 30.3 Å². The van der Waals surface area contributed by atoms with E-state index in [1.165, 1.54) is 12.1 Å². The lowest BCUT2D eigenvalue weighted by atomic mass is 10.1. The van der Waals surface area contributed by atoms with Crippen molar-refractivity contribution in [1.82, 2.24) is 10.3 Å². The summed E-state index contributed by atoms with van der Waals surface area (Å²) in [5, 5.41) is 12.3. The number of hydrogen-bond acceptors (Lipinski definition) is 2. The van der Waals surface area contributed by atoms with Crippen LogP contribution in [-0.4, -0.2) is 22.5 Å². The number of halogens is 3. The molecular formula is C26H21F3N2O2. The first-order valence-corrected chi connectivity index (χ1v) is 10.3. The molecule has 3 aromatic carbocycles. The van der Waals surface area contributed by atoms with Crippen LogP contribution in [0.1, 0.15) is 21.5 Å². The van der Waals surface area contributed by atoms with E-state index in [4.69, 9.17) is 0 Å². The molecule has 0 unspecified atom stereocenters. The Bertz CT molecular complexity index is 1230. The van der Waals surface area contributed by atoms with E-state index < -0.39 is 11.7 Å². The maximum absolute atomic E-state index is 13.0. The van der Waals surface area contributed by atoms with Crippen molar-refractivity contribution in [2.45, 2.75) is 12.6 Å². The maximum atomic E-state index is 13.0. The number of aromatic nitrogens is 1. The number of alkyl halides is 3. The largest absolute Gasteiger partial charge is 0.508 e. The van der Waals surface area contributed by atoms with Crippen molar-refractivity contribution in [1.29, 1.82) is 0 Å². The van der Waals surface area contributed by atoms with Crippen LogP contribution < -0.4 is 5.32 Å². The fourth-order valence-electron chi connectivity index (χ4n) is 3.54. The molecule has 4 aromatic rings. The van der Waals surface area contributed by atoms with Gasteiger partial charge in [0.1, 0.15) is 5.75 Å². The molecule has 0 fully saturated rings. The lowest BCUT2D eigenvalue weighted by molar-refractivity contribution is -0.137. The number of carbonyl (C=O) groups excluding carboxylic acids is 1. The molecule has 1 amide bonds. The standard InChI is InChI=1S/C26H21F3N2O2/c27-26(28,29)20-10-8-18(9-11-20)23-16-22(24(31-23)19-4-2-1-3-5-19)25(33)30-15-14-17-6-12-21(32)13-7-17/h1-13,16,31-32H,14-15H2,(H,30,33). The Morgan fingerprint density at radius 1 is 0.879 bits per heavy atom. The molecule has 0 spiro atoms. The summed E-state index contributed by atoms with van der Waals surface area (Å²) in [7, 11) is 0. The zero-order chi connectivity index (χ0) is 23.4. The van der Waals surface area contributed by atoms with Crippen LogP contribution in [0.3, 0.4) is 0 Å². The molecule has 33 heavy (non-hydrogen) atoms. The predicted octanol–water partition coefficient (Wildman–Crippen LogP) is 6.05. The van der Waals surface area contributed by atoms with Crippen LogP contribution in [-0.2, 0) is 12.6 Å². The van der Waals surface area contributed by atoms with Gasteiger partial charge in [-0.25, -0.2) is 0 Å². The molecule has 0 bridgehead atoms. The lowest BCUT2D eigenvalue weighted by Gasteiger charge is -2.07. The highest BCUT2D eigenvalue weighted by Crippen LogP contribution is 2.33. The summed E-state index contributed by atoms with van der Waals surface area (Å²) < 4.78 is 38.7. The van der Waals surface area contributed by atoms with Crippen LogP contribution in [0.4, 0.5) is 13.2 Å². The summed E-state index contributed by atoms with van der Waals surface area (Å²) in [5.41, 5.74) is 3.12. The van der Waals surface area contributed by atoms with Gasteiger partial charge in [0, 0.05) is 12.2 Å². The fourth-order valence-corrected chi connectivity index (χ4v) is 3.54. The number of H-pyrrole nitrogens is 1. The average molecular weight is 450 g/mol. The van der Waals surface area contributed by atoms with E-state index in [1.807, 2.05) is 30.3 Å². The molecule has 0 atom stereocenters. The van der Waals surface area contributed by atoms with Gasteiger partial charge in [-0.1, -0.05) is 54.6 Å². The number of aromatic amines is 1. The Morgan fingerprint density at radius 2 is 1.55 bits per heavy atom. The van der Waals surface area contributed by atoms with Crippen molar-refractivity contribution in [2.24, 2.45) is 0 Å². The topological polar surface area (TPSA) is 65.1 Å². The first-order chi connectivity index (χ1) is 15.8. The zero-order valence-electron chi connectivity index (χ0n) is 17.5. The smallest absolute Gasteiger partial charge is 0.416 e. The predicted molar refractivity (Wildman–Crippen MR) is 121 cm³/mol. The van der Waals surface area contributed by atoms with Crippen molar-refractivity contribution in [3.05, 3.63) is 102 Å². The quantitative estimate of drug-likeness (QED) is 0.335. The van der Waals surface area contributed by atoms with E-state index in [-0.39, 0.29) is 11.7 Å². The summed E-state index contributed by atoms with van der Waals surface area (Å²) in [5.74, 6) is -0.111. The van der Waals surface area contributed by atoms with E-state index in [9.17, 15) is 23.1 Å². The number of amides is 1. The van der Waals surface area contributed by atoms with E-state index in [0.29, 0.717) is 35.5 Å². The third kappa shape index (κ3) is 5.26. The molecule has 4 nitrogen and oxygen atoms in total. The third-order valence-corrected chi connectivity index (χ3v) is 5.28. The van der Waals surface area contributed by atoms with E-state index in [2.05, 4.69) is 10.3 Å². The summed E-state index contributed by atoms with van der Waals surface area (Å²) in [6.45, 7) is 0.388. The van der Waals surface area contributed by atoms with Crippen molar-refractivity contribution in [3.8, 4) is 28.3 Å². The second-order valence-electron chi connectivity index (χ2n) is 7.59. The molecule has 3 N–H and O–H groups in total. The number of benzene rings is 3. The molecule has 4 rings (SSSR count). The molecule has 168 valence electrons. The average Bonchev–Trinajstić information content (AvgIpc) is 3.26. The summed E-state index contributed by atoms with van der Waals surface area (Å²) in [6, 6.07) is 22.5. The molecule has 1 aromatic heterocycles. The molecule has 7 heteroatoms. The Kier molecular flexibility index (Phi) is 6.22. The molecule has 1 heterocycles. The first-order valence-electron chi connectivity index (χ1n) is 10.3. The Labute approximate surface area is 188 Å². The second-order valence-corrected chi connectivity index (χ2v) is 7.59. The first kappa shape index (κ1) is 22.2. The van der Waals surface area contributed by atoms with Gasteiger partial charge in [-0.15, -0.1) is 0 Å². The summed E-state index contributed by atoms with van der Waals surface area (Å²) >= 11 is 0. The third-order valence-electron chi connectivity index (χ3n) is 5.28. The number of phenolic OH excluding ortho intramolecular Hbond substituents is 1. The van der Waals surface area contributed by atoms with Gasteiger partial charge in [0.05, 0.1) is 16.8 Å². The van der Waals surface area contributed by atoms with Crippen LogP contribution in [0.5, 0.6) is 5.75 Å². The Morgan fingerprint density at radius 3 is 2.18 bits per heavy atom. The normalized spacial score (nSPS) is 11.4. The SMILES string of the molecule is O=C(NCCc1ccc(O)cc1)c1cc(-c2ccc(C(F)(F)F)cc2)[nH]c1-c1ccccc1. The monoisotopic (exact) mass is 450 g/mol. The number of rotatable bonds is 6. The highest BCUT2D eigenvalue weighted by atomic mass is 19.4. The van der Waals surface area contributed by atoms with Gasteiger partial charge >= 0.3 is 6.18 Å². The number of aromatic hydroxyl groups is 1. The highest BCUT2D eigenvalue weighted by Gasteiger charge is 2.30. The van der Waals surface area contributed by atoms with Crippen LogP contribution in [0.2, 0.25) is 0 Å². The van der Waals surface area contributed by atoms with Gasteiger partial charge in [0.15, 0.2) is 0 Å². The maximum Gasteiger partial charge on any atom is 0.416 e. The zero-order valence-corrected chi connectivity index (χ0v) is 17.5. The van der Waals surface area contributed by atoms with Crippen molar-refractivity contribution >= 4 is 5.91 Å². The van der Waals surface area contributed by atoms with E-state index >= 15 is 0 Å². The van der Waals surface area contributed by atoms with Crippen LogP contribution >= 0.6 is 0 Å². The number of hydrogen-bond donors (Lipinski definition) is 3. The summed E-state index contributed by atoms with van der Waals surface area (Å²) in [4.78, 5) is 16.2. The Balaban J connectivity index is 1.58. The number of phenols is 1. The molecular weight excluding hydrogens is 429 g/mol. The molecule has 0 aliphatic heterocycles. The minimum atomic E-state index is -4.41. The van der Waals surface area contributed by atoms with Gasteiger partial charge in [0.2, 0.25) is 0 Å². The fraction of sp³-hybridized carbons (Fsp3) is 0.115. The minimum absolute atomic E-state index is 0.179.